The van der Waals surface area contributed by atoms with Crippen LogP contribution in [0.5, 0.6) is 11.5 Å². The van der Waals surface area contributed by atoms with Gasteiger partial charge in [-0.05, 0) is 49.2 Å². The molecule has 130 valence electrons. The van der Waals surface area contributed by atoms with Gasteiger partial charge in [0.2, 0.25) is 0 Å². The normalized spacial score (nSPS) is 17.1. The highest BCUT2D eigenvalue weighted by molar-refractivity contribution is 6.31. The standard InChI is InChI=1S/C19H19ClN2O3/c1-23-18-9-12(4-7-17(18)25-11-14-3-2-8-24-14)19-21-15-6-5-13(20)10-16(15)22-19/h4-7,9-10,14H,2-3,8,11H2,1H3,(H,21,22). The average molecular weight is 359 g/mol. The predicted molar refractivity (Wildman–Crippen MR) is 97.6 cm³/mol. The fourth-order valence-corrected chi connectivity index (χ4v) is 3.18. The van der Waals surface area contributed by atoms with Crippen molar-refractivity contribution in [3.8, 4) is 22.9 Å². The Morgan fingerprint density at radius 2 is 2.16 bits per heavy atom. The lowest BCUT2D eigenvalue weighted by atomic mass is 10.2. The Hall–Kier alpha value is -2.24. The number of aromatic amines is 1. The van der Waals surface area contributed by atoms with Gasteiger partial charge in [0.25, 0.3) is 0 Å². The van der Waals surface area contributed by atoms with E-state index in [1.165, 1.54) is 0 Å². The predicted octanol–water partition coefficient (Wildman–Crippen LogP) is 4.45. The molecule has 25 heavy (non-hydrogen) atoms. The molecule has 5 nitrogen and oxygen atoms in total. The van der Waals surface area contributed by atoms with Crippen molar-refractivity contribution in [2.75, 3.05) is 20.3 Å². The smallest absolute Gasteiger partial charge is 0.161 e. The molecule has 1 aliphatic heterocycles. The first-order valence-corrected chi connectivity index (χ1v) is 8.69. The summed E-state index contributed by atoms with van der Waals surface area (Å²) in [7, 11) is 1.64. The third-order valence-corrected chi connectivity index (χ3v) is 4.56. The van der Waals surface area contributed by atoms with Crippen molar-refractivity contribution in [2.45, 2.75) is 18.9 Å². The number of hydrogen-bond acceptors (Lipinski definition) is 4. The number of benzene rings is 2. The van der Waals surface area contributed by atoms with Crippen LogP contribution in [-0.4, -0.2) is 36.4 Å². The third-order valence-electron chi connectivity index (χ3n) is 4.33. The number of fused-ring (bicyclic) bond motifs is 1. The monoisotopic (exact) mass is 358 g/mol. The van der Waals surface area contributed by atoms with Gasteiger partial charge in [0.1, 0.15) is 12.4 Å². The van der Waals surface area contributed by atoms with Gasteiger partial charge in [0, 0.05) is 17.2 Å². The number of nitrogens with one attached hydrogen (secondary N) is 1. The molecule has 0 spiro atoms. The molecule has 6 heteroatoms. The Kier molecular flexibility index (Phi) is 4.51. The number of imidazole rings is 1. The van der Waals surface area contributed by atoms with E-state index >= 15 is 0 Å². The summed E-state index contributed by atoms with van der Waals surface area (Å²) in [5.41, 5.74) is 2.70. The summed E-state index contributed by atoms with van der Waals surface area (Å²) in [5, 5.41) is 0.679. The molecule has 1 fully saturated rings. The van der Waals surface area contributed by atoms with Crippen LogP contribution in [0.25, 0.3) is 22.4 Å². The fourth-order valence-electron chi connectivity index (χ4n) is 3.01. The van der Waals surface area contributed by atoms with Crippen LogP contribution in [0.3, 0.4) is 0 Å². The van der Waals surface area contributed by atoms with E-state index < -0.39 is 0 Å². The van der Waals surface area contributed by atoms with Crippen LogP contribution in [0.4, 0.5) is 0 Å². The first-order chi connectivity index (χ1) is 12.2. The number of ether oxygens (including phenoxy) is 3. The van der Waals surface area contributed by atoms with Gasteiger partial charge in [-0.3, -0.25) is 0 Å². The quantitative estimate of drug-likeness (QED) is 0.732. The zero-order valence-electron chi connectivity index (χ0n) is 13.9. The summed E-state index contributed by atoms with van der Waals surface area (Å²) in [6.07, 6.45) is 2.31. The van der Waals surface area contributed by atoms with E-state index in [0.717, 1.165) is 41.9 Å². The molecule has 0 radical (unpaired) electrons. The van der Waals surface area contributed by atoms with Crippen molar-refractivity contribution >= 4 is 22.6 Å². The molecule has 0 bridgehead atoms. The maximum Gasteiger partial charge on any atom is 0.161 e. The van der Waals surface area contributed by atoms with Gasteiger partial charge >= 0.3 is 0 Å². The van der Waals surface area contributed by atoms with Crippen molar-refractivity contribution in [1.82, 2.24) is 9.97 Å². The van der Waals surface area contributed by atoms with E-state index in [0.29, 0.717) is 23.1 Å². The van der Waals surface area contributed by atoms with Gasteiger partial charge in [0.05, 0.1) is 24.2 Å². The highest BCUT2D eigenvalue weighted by Crippen LogP contribution is 2.33. The first-order valence-electron chi connectivity index (χ1n) is 8.31. The second-order valence-electron chi connectivity index (χ2n) is 6.06. The Balaban J connectivity index is 1.58. The van der Waals surface area contributed by atoms with E-state index in [1.807, 2.05) is 36.4 Å². The number of methoxy groups -OCH3 is 1. The van der Waals surface area contributed by atoms with E-state index in [1.54, 1.807) is 7.11 Å². The summed E-state index contributed by atoms with van der Waals surface area (Å²) in [6.45, 7) is 1.36. The minimum atomic E-state index is 0.171. The number of aromatic nitrogens is 2. The highest BCUT2D eigenvalue weighted by Gasteiger charge is 2.17. The molecule has 2 heterocycles. The van der Waals surface area contributed by atoms with Crippen molar-refractivity contribution < 1.29 is 14.2 Å². The van der Waals surface area contributed by atoms with Gasteiger partial charge in [-0.1, -0.05) is 11.6 Å². The molecule has 4 rings (SSSR count). The minimum Gasteiger partial charge on any atom is -0.493 e. The van der Waals surface area contributed by atoms with Crippen LogP contribution in [0, 0.1) is 0 Å². The van der Waals surface area contributed by atoms with E-state index in [-0.39, 0.29) is 6.10 Å². The number of rotatable bonds is 5. The molecule has 0 aliphatic carbocycles. The second kappa shape index (κ2) is 6.94. The van der Waals surface area contributed by atoms with Crippen LogP contribution < -0.4 is 9.47 Å². The molecular formula is C19H19ClN2O3. The molecule has 0 amide bonds. The van der Waals surface area contributed by atoms with Crippen LogP contribution in [0.1, 0.15) is 12.8 Å². The molecule has 1 saturated heterocycles. The molecular weight excluding hydrogens is 340 g/mol. The molecule has 2 aromatic carbocycles. The van der Waals surface area contributed by atoms with Gasteiger partial charge in [-0.15, -0.1) is 0 Å². The molecule has 3 aromatic rings. The number of halogens is 1. The molecule has 1 unspecified atom stereocenters. The highest BCUT2D eigenvalue weighted by atomic mass is 35.5. The molecule has 0 saturated carbocycles. The Morgan fingerprint density at radius 1 is 1.24 bits per heavy atom. The average Bonchev–Trinajstić information content (AvgIpc) is 3.28. The number of hydrogen-bond donors (Lipinski definition) is 1. The zero-order valence-corrected chi connectivity index (χ0v) is 14.7. The lowest BCUT2D eigenvalue weighted by Crippen LogP contribution is -2.16. The van der Waals surface area contributed by atoms with Gasteiger partial charge in [-0.2, -0.15) is 0 Å². The molecule has 1 atom stereocenters. The molecule has 1 aliphatic rings. The fraction of sp³-hybridized carbons (Fsp3) is 0.316. The number of H-pyrrole nitrogens is 1. The van der Waals surface area contributed by atoms with Crippen LogP contribution in [0.2, 0.25) is 5.02 Å². The zero-order chi connectivity index (χ0) is 17.2. The van der Waals surface area contributed by atoms with E-state index in [9.17, 15) is 0 Å². The first kappa shape index (κ1) is 16.2. The van der Waals surface area contributed by atoms with Crippen LogP contribution in [-0.2, 0) is 4.74 Å². The van der Waals surface area contributed by atoms with Gasteiger partial charge < -0.3 is 19.2 Å². The summed E-state index contributed by atoms with van der Waals surface area (Å²) in [4.78, 5) is 7.90. The van der Waals surface area contributed by atoms with E-state index in [2.05, 4.69) is 9.97 Å². The van der Waals surface area contributed by atoms with Gasteiger partial charge in [-0.25, -0.2) is 4.98 Å². The van der Waals surface area contributed by atoms with Crippen molar-refractivity contribution in [3.63, 3.8) is 0 Å². The summed E-state index contributed by atoms with van der Waals surface area (Å²) in [5.74, 6) is 2.15. The second-order valence-corrected chi connectivity index (χ2v) is 6.49. The van der Waals surface area contributed by atoms with Crippen LogP contribution in [0.15, 0.2) is 36.4 Å². The molecule has 1 aromatic heterocycles. The Bertz CT molecular complexity index is 888. The maximum absolute atomic E-state index is 6.04. The van der Waals surface area contributed by atoms with E-state index in [4.69, 9.17) is 25.8 Å². The SMILES string of the molecule is COc1cc(-c2nc3ccc(Cl)cc3[nH]2)ccc1OCC1CCCO1. The lowest BCUT2D eigenvalue weighted by Gasteiger charge is -2.14. The molecule has 1 N–H and O–H groups in total. The van der Waals surface area contributed by atoms with Crippen LogP contribution >= 0.6 is 11.6 Å². The summed E-state index contributed by atoms with van der Waals surface area (Å²) in [6, 6.07) is 11.4. The summed E-state index contributed by atoms with van der Waals surface area (Å²) >= 11 is 6.04. The summed E-state index contributed by atoms with van der Waals surface area (Å²) < 4.78 is 17.0. The van der Waals surface area contributed by atoms with Gasteiger partial charge in [0.15, 0.2) is 11.5 Å². The lowest BCUT2D eigenvalue weighted by molar-refractivity contribution is 0.0670. The van der Waals surface area contributed by atoms with Crippen molar-refractivity contribution in [1.29, 1.82) is 0 Å². The topological polar surface area (TPSA) is 56.4 Å². The largest absolute Gasteiger partial charge is 0.493 e. The Morgan fingerprint density at radius 3 is 2.96 bits per heavy atom. The minimum absolute atomic E-state index is 0.171. The Labute approximate surface area is 150 Å². The number of nitrogens with zero attached hydrogens (tertiary/aromatic N) is 1. The third kappa shape index (κ3) is 3.43. The van der Waals surface area contributed by atoms with Crippen molar-refractivity contribution in [2.24, 2.45) is 0 Å². The van der Waals surface area contributed by atoms with Crippen molar-refractivity contribution in [3.05, 3.63) is 41.4 Å². The maximum atomic E-state index is 6.04.